The minimum Gasteiger partial charge on any atom is -0.489 e. The van der Waals surface area contributed by atoms with Gasteiger partial charge in [0.2, 0.25) is 0 Å². The van der Waals surface area contributed by atoms with Gasteiger partial charge in [0.05, 0.1) is 6.10 Å². The van der Waals surface area contributed by atoms with Crippen LogP contribution in [0.3, 0.4) is 0 Å². The maximum Gasteiger partial charge on any atom is 0.317 e. The van der Waals surface area contributed by atoms with E-state index in [2.05, 4.69) is 16.7 Å². The number of urea groups is 1. The summed E-state index contributed by atoms with van der Waals surface area (Å²) in [6.45, 7) is 2.98. The van der Waals surface area contributed by atoms with Gasteiger partial charge in [-0.15, -0.1) is 0 Å². The molecule has 2 aliphatic heterocycles. The second kappa shape index (κ2) is 7.66. The van der Waals surface area contributed by atoms with Gasteiger partial charge in [-0.2, -0.15) is 0 Å². The molecule has 0 bridgehead atoms. The molecule has 3 N–H and O–H groups in total. The van der Waals surface area contributed by atoms with Gasteiger partial charge in [-0.25, -0.2) is 4.79 Å². The topological polar surface area (TPSA) is 73.8 Å². The normalized spacial score (nSPS) is 22.0. The van der Waals surface area contributed by atoms with Crippen LogP contribution in [0, 0.1) is 0 Å². The lowest BCUT2D eigenvalue weighted by molar-refractivity contribution is 0.107. The van der Waals surface area contributed by atoms with Gasteiger partial charge >= 0.3 is 6.03 Å². The molecule has 1 aromatic carbocycles. The number of para-hydroxylation sites is 1. The second-order valence-electron chi connectivity index (χ2n) is 6.23. The summed E-state index contributed by atoms with van der Waals surface area (Å²) >= 11 is 0. The highest BCUT2D eigenvalue weighted by Gasteiger charge is 2.22. The molecule has 2 atom stereocenters. The van der Waals surface area contributed by atoms with E-state index in [9.17, 15) is 9.90 Å². The molecule has 0 radical (unpaired) electrons. The minimum absolute atomic E-state index is 0.0810. The zero-order valence-electron chi connectivity index (χ0n) is 13.3. The van der Waals surface area contributed by atoms with E-state index in [1.54, 1.807) is 4.90 Å². The van der Waals surface area contributed by atoms with Crippen LogP contribution in [0.4, 0.5) is 4.79 Å². The fourth-order valence-electron chi connectivity index (χ4n) is 3.11. The Morgan fingerprint density at radius 1 is 1.43 bits per heavy atom. The number of carbonyl (C=O) groups is 1. The summed E-state index contributed by atoms with van der Waals surface area (Å²) < 4.78 is 5.96. The van der Waals surface area contributed by atoms with Crippen LogP contribution in [0.5, 0.6) is 5.75 Å². The van der Waals surface area contributed by atoms with Crippen LogP contribution < -0.4 is 15.4 Å². The standard InChI is InChI=1S/C17H25N3O3/c21-14(12-20-9-3-8-19-17(20)22)10-18-11-15-7-6-13-4-1-2-5-16(13)23-15/h1-2,4-5,14-15,18,21H,3,6-12H2,(H,19,22). The number of ether oxygens (including phenoxy) is 1. The lowest BCUT2D eigenvalue weighted by Gasteiger charge is -2.30. The van der Waals surface area contributed by atoms with Crippen molar-refractivity contribution in [2.24, 2.45) is 0 Å². The molecule has 0 aliphatic carbocycles. The maximum atomic E-state index is 11.6. The average molecular weight is 319 g/mol. The predicted molar refractivity (Wildman–Crippen MR) is 87.6 cm³/mol. The van der Waals surface area contributed by atoms with Crippen LogP contribution in [-0.2, 0) is 6.42 Å². The van der Waals surface area contributed by atoms with Crippen molar-refractivity contribution < 1.29 is 14.6 Å². The molecule has 23 heavy (non-hydrogen) atoms. The van der Waals surface area contributed by atoms with Crippen LogP contribution in [-0.4, -0.2) is 61.0 Å². The Hall–Kier alpha value is -1.79. The molecule has 3 rings (SSSR count). The van der Waals surface area contributed by atoms with Crippen molar-refractivity contribution in [3.8, 4) is 5.75 Å². The Balaban J connectivity index is 1.37. The number of aliphatic hydroxyl groups excluding tert-OH is 1. The van der Waals surface area contributed by atoms with Crippen molar-refractivity contribution in [2.75, 3.05) is 32.7 Å². The van der Waals surface area contributed by atoms with E-state index in [4.69, 9.17) is 4.74 Å². The number of hydrogen-bond donors (Lipinski definition) is 3. The number of nitrogens with one attached hydrogen (secondary N) is 2. The number of carbonyl (C=O) groups excluding carboxylic acids is 1. The first-order chi connectivity index (χ1) is 11.2. The number of β-amino-alcohol motifs (C(OH)–C–C–N with tert-alkyl or cyclic N) is 1. The predicted octanol–water partition coefficient (Wildman–Crippen LogP) is 0.746. The van der Waals surface area contributed by atoms with E-state index < -0.39 is 6.10 Å². The zero-order chi connectivity index (χ0) is 16.1. The third-order valence-corrected chi connectivity index (χ3v) is 4.35. The molecule has 2 aliphatic rings. The van der Waals surface area contributed by atoms with E-state index in [1.807, 2.05) is 18.2 Å². The van der Waals surface area contributed by atoms with Crippen molar-refractivity contribution in [1.29, 1.82) is 0 Å². The van der Waals surface area contributed by atoms with E-state index in [1.165, 1.54) is 5.56 Å². The summed E-state index contributed by atoms with van der Waals surface area (Å²) in [5.41, 5.74) is 1.26. The summed E-state index contributed by atoms with van der Waals surface area (Å²) in [5.74, 6) is 0.969. The SMILES string of the molecule is O=C1NCCCN1CC(O)CNCC1CCc2ccccc2O1. The van der Waals surface area contributed by atoms with Crippen molar-refractivity contribution in [2.45, 2.75) is 31.5 Å². The van der Waals surface area contributed by atoms with Crippen LogP contribution >= 0.6 is 0 Å². The fourth-order valence-corrected chi connectivity index (χ4v) is 3.11. The highest BCUT2D eigenvalue weighted by molar-refractivity contribution is 5.74. The number of benzene rings is 1. The highest BCUT2D eigenvalue weighted by Crippen LogP contribution is 2.26. The van der Waals surface area contributed by atoms with Crippen LogP contribution in [0.25, 0.3) is 0 Å². The maximum absolute atomic E-state index is 11.6. The number of nitrogens with zero attached hydrogens (tertiary/aromatic N) is 1. The smallest absolute Gasteiger partial charge is 0.317 e. The molecule has 1 aromatic rings. The van der Waals surface area contributed by atoms with Crippen molar-refractivity contribution in [3.05, 3.63) is 29.8 Å². The molecular formula is C17H25N3O3. The Labute approximate surface area is 136 Å². The number of aliphatic hydroxyl groups is 1. The number of hydrogen-bond acceptors (Lipinski definition) is 4. The van der Waals surface area contributed by atoms with Crippen molar-refractivity contribution in [1.82, 2.24) is 15.5 Å². The van der Waals surface area contributed by atoms with Gasteiger partial charge < -0.3 is 25.4 Å². The van der Waals surface area contributed by atoms with Gasteiger partial charge in [0, 0.05) is 32.7 Å². The summed E-state index contributed by atoms with van der Waals surface area (Å²) in [4.78, 5) is 13.3. The number of fused-ring (bicyclic) bond motifs is 1. The number of rotatable bonds is 6. The molecule has 0 aromatic heterocycles. The average Bonchev–Trinajstić information content (AvgIpc) is 2.57. The Kier molecular flexibility index (Phi) is 5.35. The van der Waals surface area contributed by atoms with Crippen molar-refractivity contribution >= 4 is 6.03 Å². The fraction of sp³-hybridized carbons (Fsp3) is 0.588. The van der Waals surface area contributed by atoms with Gasteiger partial charge in [0.15, 0.2) is 0 Å². The molecule has 2 heterocycles. The molecule has 0 spiro atoms. The third kappa shape index (κ3) is 4.36. The number of amides is 2. The van der Waals surface area contributed by atoms with E-state index >= 15 is 0 Å². The van der Waals surface area contributed by atoms with Crippen molar-refractivity contribution in [3.63, 3.8) is 0 Å². The Morgan fingerprint density at radius 3 is 3.17 bits per heavy atom. The Bertz CT molecular complexity index is 538. The molecule has 2 amide bonds. The van der Waals surface area contributed by atoms with Gasteiger partial charge in [-0.1, -0.05) is 18.2 Å². The van der Waals surface area contributed by atoms with Gasteiger partial charge in [-0.05, 0) is 30.9 Å². The second-order valence-corrected chi connectivity index (χ2v) is 6.23. The molecule has 126 valence electrons. The van der Waals surface area contributed by atoms with Gasteiger partial charge in [-0.3, -0.25) is 0 Å². The highest BCUT2D eigenvalue weighted by atomic mass is 16.5. The monoisotopic (exact) mass is 319 g/mol. The van der Waals surface area contributed by atoms with Crippen LogP contribution in [0.2, 0.25) is 0 Å². The van der Waals surface area contributed by atoms with Crippen LogP contribution in [0.15, 0.2) is 24.3 Å². The van der Waals surface area contributed by atoms with E-state index in [-0.39, 0.29) is 12.1 Å². The zero-order valence-corrected chi connectivity index (χ0v) is 13.3. The lowest BCUT2D eigenvalue weighted by Crippen LogP contribution is -2.50. The van der Waals surface area contributed by atoms with E-state index in [0.717, 1.165) is 31.6 Å². The third-order valence-electron chi connectivity index (χ3n) is 4.35. The summed E-state index contributed by atoms with van der Waals surface area (Å²) in [6, 6.07) is 8.05. The molecule has 1 saturated heterocycles. The molecule has 6 nitrogen and oxygen atoms in total. The Morgan fingerprint density at radius 2 is 2.30 bits per heavy atom. The van der Waals surface area contributed by atoms with Gasteiger partial charge in [0.25, 0.3) is 0 Å². The quantitative estimate of drug-likeness (QED) is 0.723. The largest absolute Gasteiger partial charge is 0.489 e. The first-order valence-electron chi connectivity index (χ1n) is 8.38. The summed E-state index contributed by atoms with van der Waals surface area (Å²) in [6.07, 6.45) is 2.51. The summed E-state index contributed by atoms with van der Waals surface area (Å²) in [5, 5.41) is 16.1. The first-order valence-corrected chi connectivity index (χ1v) is 8.38. The van der Waals surface area contributed by atoms with E-state index in [0.29, 0.717) is 26.2 Å². The minimum atomic E-state index is -0.560. The van der Waals surface area contributed by atoms with Crippen LogP contribution in [0.1, 0.15) is 18.4 Å². The molecular weight excluding hydrogens is 294 g/mol. The molecule has 1 fully saturated rings. The van der Waals surface area contributed by atoms with Gasteiger partial charge in [0.1, 0.15) is 11.9 Å². The summed E-state index contributed by atoms with van der Waals surface area (Å²) in [7, 11) is 0. The number of aryl methyl sites for hydroxylation is 1. The first kappa shape index (κ1) is 16.1. The molecule has 6 heteroatoms. The molecule has 0 saturated carbocycles. The lowest BCUT2D eigenvalue weighted by atomic mass is 10.0. The molecule has 2 unspecified atom stereocenters.